The van der Waals surface area contributed by atoms with Gasteiger partial charge >= 0.3 is 0 Å². The van der Waals surface area contributed by atoms with Crippen LogP contribution in [-0.2, 0) is 10.0 Å². The number of benzene rings is 1. The van der Waals surface area contributed by atoms with Crippen molar-refractivity contribution in [3.63, 3.8) is 0 Å². The Kier molecular flexibility index (Phi) is 5.06. The van der Waals surface area contributed by atoms with Gasteiger partial charge in [-0.3, -0.25) is 0 Å². The molecule has 0 aliphatic heterocycles. The summed E-state index contributed by atoms with van der Waals surface area (Å²) in [7, 11) is -1.74. The fourth-order valence-electron chi connectivity index (χ4n) is 5.42. The minimum absolute atomic E-state index is 0.119. The van der Waals surface area contributed by atoms with E-state index < -0.39 is 10.0 Å². The summed E-state index contributed by atoms with van der Waals surface area (Å²) in [6, 6.07) is 9.02. The standard InChI is InChI=1S/C22H25N7O2S/c1-14-3-5-19(6-4-14)32(30,31)29-8-7-20-21(24-13-25-22(20)29)28(2)18-11-15-9-17(26-27-23)10-16(15)12-18/h3-8,13,15-18H,9-12H2,1-2H3/t15-,16?,17?,18-/m1/s1. The highest BCUT2D eigenvalue weighted by Gasteiger charge is 2.43. The van der Waals surface area contributed by atoms with Crippen molar-refractivity contribution >= 4 is 26.9 Å². The Morgan fingerprint density at radius 3 is 2.44 bits per heavy atom. The Labute approximate surface area is 186 Å². The largest absolute Gasteiger partial charge is 0.356 e. The molecule has 2 unspecified atom stereocenters. The van der Waals surface area contributed by atoms with Gasteiger partial charge in [0.1, 0.15) is 12.1 Å². The van der Waals surface area contributed by atoms with E-state index in [0.717, 1.165) is 42.5 Å². The van der Waals surface area contributed by atoms with E-state index in [1.54, 1.807) is 36.5 Å². The van der Waals surface area contributed by atoms with Crippen LogP contribution in [0.15, 0.2) is 52.9 Å². The summed E-state index contributed by atoms with van der Waals surface area (Å²) < 4.78 is 27.7. The van der Waals surface area contributed by atoms with Crippen molar-refractivity contribution in [3.8, 4) is 0 Å². The predicted molar refractivity (Wildman–Crippen MR) is 122 cm³/mol. The van der Waals surface area contributed by atoms with Gasteiger partial charge in [0.2, 0.25) is 0 Å². The molecule has 32 heavy (non-hydrogen) atoms. The maximum Gasteiger partial charge on any atom is 0.269 e. The van der Waals surface area contributed by atoms with Gasteiger partial charge < -0.3 is 4.90 Å². The fraction of sp³-hybridized carbons (Fsp3) is 0.455. The second-order valence-corrected chi connectivity index (χ2v) is 10.8. The molecule has 2 fully saturated rings. The SMILES string of the molecule is Cc1ccc(S(=O)(=O)n2ccc3c(N(C)[C@H]4CC5CC(N=[N+]=[N-])C[C@@H]5C4)ncnc32)cc1. The molecule has 0 spiro atoms. The zero-order valence-corrected chi connectivity index (χ0v) is 18.9. The Balaban J connectivity index is 1.44. The quantitative estimate of drug-likeness (QED) is 0.326. The zero-order valence-electron chi connectivity index (χ0n) is 18.0. The number of azide groups is 1. The summed E-state index contributed by atoms with van der Waals surface area (Å²) in [5, 5.41) is 4.63. The third-order valence-corrected chi connectivity index (χ3v) is 8.75. The number of nitrogens with zero attached hydrogens (tertiary/aromatic N) is 7. The molecule has 3 aromatic rings. The van der Waals surface area contributed by atoms with Crippen LogP contribution in [0.5, 0.6) is 0 Å². The van der Waals surface area contributed by atoms with Crippen molar-refractivity contribution in [2.75, 3.05) is 11.9 Å². The molecule has 0 amide bonds. The van der Waals surface area contributed by atoms with Gasteiger partial charge in [-0.2, -0.15) is 0 Å². The van der Waals surface area contributed by atoms with Crippen LogP contribution in [0.25, 0.3) is 21.5 Å². The lowest BCUT2D eigenvalue weighted by Gasteiger charge is -2.27. The number of aryl methyl sites for hydroxylation is 1. The molecule has 0 saturated heterocycles. The predicted octanol–water partition coefficient (Wildman–Crippen LogP) is 4.28. The molecule has 0 radical (unpaired) electrons. The van der Waals surface area contributed by atoms with E-state index in [1.165, 1.54) is 10.3 Å². The first-order chi connectivity index (χ1) is 15.4. The number of fused-ring (bicyclic) bond motifs is 2. The lowest BCUT2D eigenvalue weighted by Crippen LogP contribution is -2.31. The van der Waals surface area contributed by atoms with Crippen LogP contribution in [0.1, 0.15) is 31.2 Å². The first kappa shape index (κ1) is 20.8. The molecule has 4 atom stereocenters. The number of aromatic nitrogens is 3. The monoisotopic (exact) mass is 451 g/mol. The summed E-state index contributed by atoms with van der Waals surface area (Å²) in [6.45, 7) is 1.92. The molecule has 2 aliphatic rings. The van der Waals surface area contributed by atoms with Crippen LogP contribution >= 0.6 is 0 Å². The first-order valence-corrected chi connectivity index (χ1v) is 12.2. The number of rotatable bonds is 5. The van der Waals surface area contributed by atoms with Crippen LogP contribution in [-0.4, -0.2) is 41.5 Å². The highest BCUT2D eigenvalue weighted by atomic mass is 32.2. The Bertz CT molecular complexity index is 1300. The summed E-state index contributed by atoms with van der Waals surface area (Å²) in [4.78, 5) is 14.2. The minimum atomic E-state index is -3.76. The normalized spacial score (nSPS) is 24.9. The van der Waals surface area contributed by atoms with E-state index in [1.807, 2.05) is 14.0 Å². The average Bonchev–Trinajstić information content (AvgIpc) is 3.46. The third kappa shape index (κ3) is 3.40. The Hall–Kier alpha value is -3.10. The van der Waals surface area contributed by atoms with Gasteiger partial charge in [0.15, 0.2) is 5.65 Å². The number of hydrogen-bond acceptors (Lipinski definition) is 6. The highest BCUT2D eigenvalue weighted by molar-refractivity contribution is 7.90. The fourth-order valence-corrected chi connectivity index (χ4v) is 6.72. The lowest BCUT2D eigenvalue weighted by molar-refractivity contribution is 0.457. The van der Waals surface area contributed by atoms with Gasteiger partial charge in [-0.1, -0.05) is 22.8 Å². The van der Waals surface area contributed by atoms with Crippen molar-refractivity contribution in [1.82, 2.24) is 13.9 Å². The molecular formula is C22H25N7O2S. The van der Waals surface area contributed by atoms with E-state index in [4.69, 9.17) is 5.53 Å². The first-order valence-electron chi connectivity index (χ1n) is 10.8. The van der Waals surface area contributed by atoms with Crippen LogP contribution in [0.4, 0.5) is 5.82 Å². The van der Waals surface area contributed by atoms with Crippen molar-refractivity contribution in [2.45, 2.75) is 49.6 Å². The van der Waals surface area contributed by atoms with E-state index in [2.05, 4.69) is 24.9 Å². The summed E-state index contributed by atoms with van der Waals surface area (Å²) >= 11 is 0. The molecule has 9 nitrogen and oxygen atoms in total. The average molecular weight is 452 g/mol. The summed E-state index contributed by atoms with van der Waals surface area (Å²) in [5.74, 6) is 1.85. The molecule has 2 saturated carbocycles. The molecule has 5 rings (SSSR count). The topological polar surface area (TPSA) is 117 Å². The Morgan fingerprint density at radius 2 is 1.78 bits per heavy atom. The number of anilines is 1. The second-order valence-electron chi connectivity index (χ2n) is 8.95. The van der Waals surface area contributed by atoms with E-state index in [9.17, 15) is 8.42 Å². The van der Waals surface area contributed by atoms with Crippen LogP contribution < -0.4 is 4.90 Å². The minimum Gasteiger partial charge on any atom is -0.356 e. The number of hydrogen-bond donors (Lipinski definition) is 0. The van der Waals surface area contributed by atoms with E-state index >= 15 is 0 Å². The van der Waals surface area contributed by atoms with Crippen molar-refractivity contribution in [3.05, 3.63) is 58.9 Å². The Morgan fingerprint density at radius 1 is 1.09 bits per heavy atom. The second kappa shape index (κ2) is 7.79. The molecular weight excluding hydrogens is 426 g/mol. The van der Waals surface area contributed by atoms with E-state index in [-0.39, 0.29) is 10.9 Å². The molecule has 1 aromatic carbocycles. The third-order valence-electron chi connectivity index (χ3n) is 7.07. The molecule has 2 heterocycles. The molecule has 0 N–H and O–H groups in total. The summed E-state index contributed by atoms with van der Waals surface area (Å²) in [6.07, 6.45) is 6.92. The smallest absolute Gasteiger partial charge is 0.269 e. The molecule has 0 bridgehead atoms. The highest BCUT2D eigenvalue weighted by Crippen LogP contribution is 2.47. The summed E-state index contributed by atoms with van der Waals surface area (Å²) in [5.41, 5.74) is 10.1. The van der Waals surface area contributed by atoms with Crippen LogP contribution in [0.2, 0.25) is 0 Å². The van der Waals surface area contributed by atoms with Gasteiger partial charge in [0.05, 0.1) is 10.3 Å². The van der Waals surface area contributed by atoms with Gasteiger partial charge in [-0.05, 0) is 68.2 Å². The van der Waals surface area contributed by atoms with Gasteiger partial charge in [-0.25, -0.2) is 22.4 Å². The van der Waals surface area contributed by atoms with Crippen molar-refractivity contribution < 1.29 is 8.42 Å². The zero-order chi connectivity index (χ0) is 22.5. The molecule has 166 valence electrons. The van der Waals surface area contributed by atoms with Crippen LogP contribution in [0, 0.1) is 18.8 Å². The van der Waals surface area contributed by atoms with Crippen molar-refractivity contribution in [1.29, 1.82) is 0 Å². The van der Waals surface area contributed by atoms with Gasteiger partial charge in [0.25, 0.3) is 10.0 Å². The molecule has 2 aliphatic carbocycles. The molecule has 2 aromatic heterocycles. The van der Waals surface area contributed by atoms with Crippen molar-refractivity contribution in [2.24, 2.45) is 17.0 Å². The molecule has 10 heteroatoms. The maximum absolute atomic E-state index is 13.2. The van der Waals surface area contributed by atoms with Gasteiger partial charge in [-0.15, -0.1) is 0 Å². The lowest BCUT2D eigenvalue weighted by atomic mass is 10.0. The van der Waals surface area contributed by atoms with Gasteiger partial charge in [0, 0.05) is 30.2 Å². The maximum atomic E-state index is 13.2. The van der Waals surface area contributed by atoms with Crippen LogP contribution in [0.3, 0.4) is 0 Å². The van der Waals surface area contributed by atoms with E-state index in [0.29, 0.717) is 23.5 Å².